The van der Waals surface area contributed by atoms with Gasteiger partial charge in [0.1, 0.15) is 18.1 Å². The Kier molecular flexibility index (Phi) is 3.74. The number of nitrogens with two attached hydrogens (primary N) is 1. The van der Waals surface area contributed by atoms with E-state index in [2.05, 4.69) is 9.97 Å². The molecule has 18 heavy (non-hydrogen) atoms. The number of rotatable bonds is 4. The molecule has 0 aliphatic carbocycles. The van der Waals surface area contributed by atoms with Crippen LogP contribution in [0.2, 0.25) is 5.02 Å². The Morgan fingerprint density at radius 1 is 1.22 bits per heavy atom. The number of halogens is 1. The van der Waals surface area contributed by atoms with Crippen molar-refractivity contribution in [3.05, 3.63) is 52.9 Å². The van der Waals surface area contributed by atoms with Crippen LogP contribution in [0.1, 0.15) is 11.3 Å². The number of nitrogens with zero attached hydrogens (tertiary/aromatic N) is 2. The van der Waals surface area contributed by atoms with E-state index in [4.69, 9.17) is 27.5 Å². The van der Waals surface area contributed by atoms with Crippen molar-refractivity contribution in [1.29, 1.82) is 5.41 Å². The van der Waals surface area contributed by atoms with E-state index in [0.717, 1.165) is 5.56 Å². The van der Waals surface area contributed by atoms with Gasteiger partial charge in [0.2, 0.25) is 5.88 Å². The first-order valence-electron chi connectivity index (χ1n) is 5.19. The van der Waals surface area contributed by atoms with Crippen LogP contribution in [0.15, 0.2) is 36.7 Å². The number of hydrogen-bond donors (Lipinski definition) is 2. The van der Waals surface area contributed by atoms with Gasteiger partial charge in [-0.3, -0.25) is 5.41 Å². The van der Waals surface area contributed by atoms with Crippen LogP contribution in [0, 0.1) is 5.41 Å². The molecule has 2 rings (SSSR count). The summed E-state index contributed by atoms with van der Waals surface area (Å²) in [5.41, 5.74) is 6.58. The van der Waals surface area contributed by atoms with Crippen LogP contribution in [0.25, 0.3) is 0 Å². The Balaban J connectivity index is 1.97. The highest BCUT2D eigenvalue weighted by Crippen LogP contribution is 2.12. The van der Waals surface area contributed by atoms with Crippen molar-refractivity contribution in [3.63, 3.8) is 0 Å². The molecule has 5 nitrogen and oxygen atoms in total. The molecule has 0 unspecified atom stereocenters. The third-order valence-corrected chi connectivity index (χ3v) is 2.46. The van der Waals surface area contributed by atoms with E-state index in [0.29, 0.717) is 23.2 Å². The lowest BCUT2D eigenvalue weighted by atomic mass is 10.2. The van der Waals surface area contributed by atoms with Crippen LogP contribution in [0.5, 0.6) is 5.88 Å². The van der Waals surface area contributed by atoms with Crippen LogP contribution in [-0.4, -0.2) is 15.8 Å². The Bertz CT molecular complexity index is 539. The van der Waals surface area contributed by atoms with Crippen molar-refractivity contribution in [1.82, 2.24) is 9.97 Å². The fourth-order valence-corrected chi connectivity index (χ4v) is 1.39. The number of benzene rings is 1. The smallest absolute Gasteiger partial charge is 0.232 e. The van der Waals surface area contributed by atoms with Gasteiger partial charge in [-0.25, -0.2) is 9.97 Å². The summed E-state index contributed by atoms with van der Waals surface area (Å²) in [4.78, 5) is 7.95. The van der Waals surface area contributed by atoms with Gasteiger partial charge in [-0.2, -0.15) is 0 Å². The van der Waals surface area contributed by atoms with Gasteiger partial charge in [-0.05, 0) is 17.7 Å². The Labute approximate surface area is 109 Å². The van der Waals surface area contributed by atoms with Crippen LogP contribution >= 0.6 is 11.6 Å². The fraction of sp³-hybridized carbons (Fsp3) is 0.0833. The number of ether oxygens (including phenoxy) is 1. The van der Waals surface area contributed by atoms with E-state index < -0.39 is 0 Å². The summed E-state index contributed by atoms with van der Waals surface area (Å²) in [5, 5.41) is 7.87. The van der Waals surface area contributed by atoms with Gasteiger partial charge in [0.05, 0.1) is 12.4 Å². The molecule has 2 aromatic rings. The van der Waals surface area contributed by atoms with Crippen molar-refractivity contribution < 1.29 is 4.74 Å². The largest absolute Gasteiger partial charge is 0.472 e. The van der Waals surface area contributed by atoms with Gasteiger partial charge in [0.15, 0.2) is 0 Å². The number of nitrogen functional groups attached to an aromatic ring is 1. The average Bonchev–Trinajstić information content (AvgIpc) is 2.38. The van der Waals surface area contributed by atoms with Gasteiger partial charge in [0, 0.05) is 5.02 Å². The zero-order chi connectivity index (χ0) is 13.0. The van der Waals surface area contributed by atoms with Gasteiger partial charge in [0.25, 0.3) is 0 Å². The molecular weight excluding hydrogens is 252 g/mol. The molecule has 0 saturated carbocycles. The highest BCUT2D eigenvalue weighted by atomic mass is 35.5. The standard InChI is InChI=1S/C12H11ClN4O/c13-9-3-1-8(2-4-9)7-18-11-6-16-10(5-17-11)12(14)15/h1-6H,7H2,(H3,14,15). The maximum Gasteiger partial charge on any atom is 0.232 e. The first-order chi connectivity index (χ1) is 8.65. The normalized spacial score (nSPS) is 10.1. The topological polar surface area (TPSA) is 84.9 Å². The van der Waals surface area contributed by atoms with Crippen molar-refractivity contribution in [2.45, 2.75) is 6.61 Å². The molecule has 3 N–H and O–H groups in total. The number of nitrogens with one attached hydrogen (secondary N) is 1. The third-order valence-electron chi connectivity index (χ3n) is 2.20. The number of aromatic nitrogens is 2. The molecule has 0 amide bonds. The van der Waals surface area contributed by atoms with Crippen molar-refractivity contribution >= 4 is 17.4 Å². The minimum absolute atomic E-state index is 0.119. The van der Waals surface area contributed by atoms with Crippen LogP contribution in [0.4, 0.5) is 0 Å². The highest BCUT2D eigenvalue weighted by molar-refractivity contribution is 6.30. The monoisotopic (exact) mass is 262 g/mol. The van der Waals surface area contributed by atoms with Crippen molar-refractivity contribution in [2.24, 2.45) is 5.73 Å². The molecule has 0 saturated heterocycles. The first-order valence-corrected chi connectivity index (χ1v) is 5.56. The first kappa shape index (κ1) is 12.3. The lowest BCUT2D eigenvalue weighted by Crippen LogP contribution is -2.13. The minimum Gasteiger partial charge on any atom is -0.472 e. The second-order valence-electron chi connectivity index (χ2n) is 3.57. The Morgan fingerprint density at radius 2 is 1.94 bits per heavy atom. The predicted molar refractivity (Wildman–Crippen MR) is 68.8 cm³/mol. The van der Waals surface area contributed by atoms with Gasteiger partial charge in [-0.15, -0.1) is 0 Å². The number of hydrogen-bond acceptors (Lipinski definition) is 4. The SMILES string of the molecule is N=C(N)c1cnc(OCc2ccc(Cl)cc2)cn1. The number of amidine groups is 1. The molecule has 0 aliphatic heterocycles. The second-order valence-corrected chi connectivity index (χ2v) is 4.01. The summed E-state index contributed by atoms with van der Waals surface area (Å²) in [5.74, 6) is 0.265. The molecular formula is C12H11ClN4O. The third kappa shape index (κ3) is 3.18. The van der Waals surface area contributed by atoms with E-state index in [1.807, 2.05) is 12.1 Å². The lowest BCUT2D eigenvalue weighted by Gasteiger charge is -2.05. The summed E-state index contributed by atoms with van der Waals surface area (Å²) >= 11 is 5.78. The van der Waals surface area contributed by atoms with E-state index in [9.17, 15) is 0 Å². The van der Waals surface area contributed by atoms with Crippen LogP contribution in [0.3, 0.4) is 0 Å². The Hall–Kier alpha value is -2.14. The van der Waals surface area contributed by atoms with E-state index in [1.165, 1.54) is 12.4 Å². The zero-order valence-corrected chi connectivity index (χ0v) is 10.2. The fourth-order valence-electron chi connectivity index (χ4n) is 1.27. The summed E-state index contributed by atoms with van der Waals surface area (Å²) in [6, 6.07) is 7.34. The Morgan fingerprint density at radius 3 is 2.50 bits per heavy atom. The van der Waals surface area contributed by atoms with Crippen LogP contribution in [-0.2, 0) is 6.61 Å². The van der Waals surface area contributed by atoms with Crippen molar-refractivity contribution in [3.8, 4) is 5.88 Å². The van der Waals surface area contributed by atoms with Crippen LogP contribution < -0.4 is 10.5 Å². The molecule has 0 bridgehead atoms. The summed E-state index contributed by atoms with van der Waals surface area (Å²) < 4.78 is 5.44. The lowest BCUT2D eigenvalue weighted by molar-refractivity contribution is 0.292. The molecule has 0 radical (unpaired) electrons. The van der Waals surface area contributed by atoms with E-state index >= 15 is 0 Å². The van der Waals surface area contributed by atoms with Crippen molar-refractivity contribution in [2.75, 3.05) is 0 Å². The molecule has 0 aliphatic rings. The molecule has 1 aromatic heterocycles. The molecule has 0 atom stereocenters. The molecule has 1 heterocycles. The summed E-state index contributed by atoms with van der Waals surface area (Å²) in [6.45, 7) is 0.380. The predicted octanol–water partition coefficient (Wildman–Crippen LogP) is 1.99. The van der Waals surface area contributed by atoms with E-state index in [-0.39, 0.29) is 5.84 Å². The minimum atomic E-state index is -0.119. The van der Waals surface area contributed by atoms with Gasteiger partial charge in [-0.1, -0.05) is 23.7 Å². The van der Waals surface area contributed by atoms with Gasteiger partial charge < -0.3 is 10.5 Å². The molecule has 6 heteroatoms. The van der Waals surface area contributed by atoms with Gasteiger partial charge >= 0.3 is 0 Å². The molecule has 0 fully saturated rings. The second kappa shape index (κ2) is 5.46. The maximum absolute atomic E-state index is 7.18. The molecule has 92 valence electrons. The van der Waals surface area contributed by atoms with E-state index in [1.54, 1.807) is 12.1 Å². The quantitative estimate of drug-likeness (QED) is 0.652. The summed E-state index contributed by atoms with van der Waals surface area (Å²) in [7, 11) is 0. The highest BCUT2D eigenvalue weighted by Gasteiger charge is 2.01. The molecule has 0 spiro atoms. The average molecular weight is 263 g/mol. The molecule has 1 aromatic carbocycles. The maximum atomic E-state index is 7.18. The summed E-state index contributed by atoms with van der Waals surface area (Å²) in [6.07, 6.45) is 2.84. The zero-order valence-electron chi connectivity index (χ0n) is 9.43.